The first-order chi connectivity index (χ1) is 10.6. The molecule has 1 aromatic heterocycles. The number of halogens is 3. The average Bonchev–Trinajstić information content (AvgIpc) is 2.98. The maximum absolute atomic E-state index is 14.1. The highest BCUT2D eigenvalue weighted by atomic mass is 35.5. The van der Waals surface area contributed by atoms with Gasteiger partial charge in [0.05, 0.1) is 0 Å². The second-order valence-electron chi connectivity index (χ2n) is 5.06. The lowest BCUT2D eigenvalue weighted by atomic mass is 10.2. The van der Waals surface area contributed by atoms with Crippen LogP contribution in [0.3, 0.4) is 0 Å². The van der Waals surface area contributed by atoms with Crippen molar-refractivity contribution in [1.29, 1.82) is 0 Å². The molecule has 0 radical (unpaired) electrons. The zero-order valence-corrected chi connectivity index (χ0v) is 12.4. The predicted molar refractivity (Wildman–Crippen MR) is 80.5 cm³/mol. The highest BCUT2D eigenvalue weighted by Crippen LogP contribution is 2.31. The van der Waals surface area contributed by atoms with Gasteiger partial charge in [-0.25, -0.2) is 13.8 Å². The van der Waals surface area contributed by atoms with Gasteiger partial charge in [-0.05, 0) is 43.0 Å². The van der Waals surface area contributed by atoms with Crippen LogP contribution in [-0.4, -0.2) is 16.8 Å². The minimum atomic E-state index is -0.833. The van der Waals surface area contributed by atoms with E-state index in [1.54, 1.807) is 6.07 Å². The van der Waals surface area contributed by atoms with E-state index >= 15 is 0 Å². The van der Waals surface area contributed by atoms with E-state index in [4.69, 9.17) is 11.6 Å². The number of anilines is 2. The third-order valence-corrected chi connectivity index (χ3v) is 3.90. The Bertz CT molecular complexity index is 716. The molecule has 3 nitrogen and oxygen atoms in total. The van der Waals surface area contributed by atoms with E-state index in [-0.39, 0.29) is 5.82 Å². The van der Waals surface area contributed by atoms with Gasteiger partial charge in [0.15, 0.2) is 0 Å². The van der Waals surface area contributed by atoms with Crippen molar-refractivity contribution in [3.8, 4) is 0 Å². The standard InChI is InChI=1S/C16H13ClF2N2O/c17-9-15(22)21(16-11(18)4-2-5-12(16)19)14-8-7-10-3-1-6-13(10)20-14/h2,4-5,7-8H,1,3,6,9H2. The molecular weight excluding hydrogens is 310 g/mol. The van der Waals surface area contributed by atoms with Crippen LogP contribution in [-0.2, 0) is 17.6 Å². The summed E-state index contributed by atoms with van der Waals surface area (Å²) in [5, 5.41) is 0. The Morgan fingerprint density at radius 3 is 2.59 bits per heavy atom. The highest BCUT2D eigenvalue weighted by Gasteiger charge is 2.26. The lowest BCUT2D eigenvalue weighted by Crippen LogP contribution is -2.29. The van der Waals surface area contributed by atoms with E-state index in [1.165, 1.54) is 6.07 Å². The molecule has 0 saturated carbocycles. The Morgan fingerprint density at radius 2 is 1.91 bits per heavy atom. The summed E-state index contributed by atoms with van der Waals surface area (Å²) in [6, 6.07) is 6.88. The van der Waals surface area contributed by atoms with Crippen molar-refractivity contribution in [1.82, 2.24) is 4.98 Å². The molecule has 0 fully saturated rings. The largest absolute Gasteiger partial charge is 0.273 e. The topological polar surface area (TPSA) is 33.2 Å². The van der Waals surface area contributed by atoms with E-state index in [0.717, 1.165) is 47.6 Å². The summed E-state index contributed by atoms with van der Waals surface area (Å²) >= 11 is 5.60. The van der Waals surface area contributed by atoms with E-state index in [1.807, 2.05) is 6.07 Å². The second-order valence-corrected chi connectivity index (χ2v) is 5.33. The first-order valence-electron chi connectivity index (χ1n) is 6.93. The number of aromatic nitrogens is 1. The summed E-state index contributed by atoms with van der Waals surface area (Å²) < 4.78 is 28.1. The van der Waals surface area contributed by atoms with Crippen molar-refractivity contribution < 1.29 is 13.6 Å². The molecule has 1 aliphatic rings. The number of carbonyl (C=O) groups is 1. The number of hydrogen-bond acceptors (Lipinski definition) is 2. The summed E-state index contributed by atoms with van der Waals surface area (Å²) in [7, 11) is 0. The van der Waals surface area contributed by atoms with Crippen LogP contribution >= 0.6 is 11.6 Å². The molecule has 1 heterocycles. The first kappa shape index (κ1) is 14.9. The lowest BCUT2D eigenvalue weighted by Gasteiger charge is -2.22. The SMILES string of the molecule is O=C(CCl)N(c1ccc2c(n1)CCC2)c1c(F)cccc1F. The van der Waals surface area contributed by atoms with Gasteiger partial charge in [-0.3, -0.25) is 9.69 Å². The zero-order chi connectivity index (χ0) is 15.7. The molecule has 0 N–H and O–H groups in total. The Balaban J connectivity index is 2.13. The molecule has 3 rings (SSSR count). The van der Waals surface area contributed by atoms with Crippen molar-refractivity contribution in [2.75, 3.05) is 10.8 Å². The highest BCUT2D eigenvalue weighted by molar-refractivity contribution is 6.30. The van der Waals surface area contributed by atoms with Crippen LogP contribution in [0.15, 0.2) is 30.3 Å². The fourth-order valence-corrected chi connectivity index (χ4v) is 2.78. The van der Waals surface area contributed by atoms with Crippen LogP contribution in [0.5, 0.6) is 0 Å². The van der Waals surface area contributed by atoms with Gasteiger partial charge in [-0.1, -0.05) is 12.1 Å². The Hall–Kier alpha value is -2.01. The number of nitrogens with zero attached hydrogens (tertiary/aromatic N) is 2. The lowest BCUT2D eigenvalue weighted by molar-refractivity contribution is -0.115. The molecule has 0 atom stereocenters. The third kappa shape index (κ3) is 2.57. The van der Waals surface area contributed by atoms with Gasteiger partial charge < -0.3 is 0 Å². The third-order valence-electron chi connectivity index (χ3n) is 3.67. The number of rotatable bonds is 3. The number of benzene rings is 1. The number of carbonyl (C=O) groups excluding carboxylic acids is 1. The number of para-hydroxylation sites is 1. The molecule has 114 valence electrons. The average molecular weight is 323 g/mol. The smallest absolute Gasteiger partial charge is 0.247 e. The molecule has 0 unspecified atom stereocenters. The number of aryl methyl sites for hydroxylation is 2. The van der Waals surface area contributed by atoms with Crippen molar-refractivity contribution in [3.63, 3.8) is 0 Å². The predicted octanol–water partition coefficient (Wildman–Crippen LogP) is 3.75. The molecular formula is C16H13ClF2N2O. The van der Waals surface area contributed by atoms with Gasteiger partial charge in [0.25, 0.3) is 0 Å². The quantitative estimate of drug-likeness (QED) is 0.806. The maximum atomic E-state index is 14.1. The zero-order valence-electron chi connectivity index (χ0n) is 11.7. The van der Waals surface area contributed by atoms with Crippen LogP contribution in [0.4, 0.5) is 20.3 Å². The van der Waals surface area contributed by atoms with Gasteiger partial charge in [-0.15, -0.1) is 11.6 Å². The molecule has 1 aliphatic carbocycles. The van der Waals surface area contributed by atoms with E-state index < -0.39 is 29.1 Å². The normalized spacial score (nSPS) is 13.0. The second kappa shape index (κ2) is 6.01. The number of fused-ring (bicyclic) bond motifs is 1. The monoisotopic (exact) mass is 322 g/mol. The van der Waals surface area contributed by atoms with Gasteiger partial charge >= 0.3 is 0 Å². The molecule has 6 heteroatoms. The molecule has 1 amide bonds. The summed E-state index contributed by atoms with van der Waals surface area (Å²) in [5.41, 5.74) is 1.52. The van der Waals surface area contributed by atoms with Crippen LogP contribution < -0.4 is 4.90 Å². The van der Waals surface area contributed by atoms with E-state index in [9.17, 15) is 13.6 Å². The number of pyridine rings is 1. The van der Waals surface area contributed by atoms with E-state index in [0.29, 0.717) is 0 Å². The molecule has 0 spiro atoms. The number of hydrogen-bond donors (Lipinski definition) is 0. The molecule has 22 heavy (non-hydrogen) atoms. The van der Waals surface area contributed by atoms with Gasteiger partial charge in [-0.2, -0.15) is 0 Å². The van der Waals surface area contributed by atoms with Gasteiger partial charge in [0, 0.05) is 5.69 Å². The molecule has 0 aliphatic heterocycles. The van der Waals surface area contributed by atoms with Crippen LogP contribution in [0, 0.1) is 11.6 Å². The summed E-state index contributed by atoms with van der Waals surface area (Å²) in [5.74, 6) is -2.50. The van der Waals surface area contributed by atoms with Crippen molar-refractivity contribution in [3.05, 3.63) is 53.2 Å². The summed E-state index contributed by atoms with van der Waals surface area (Å²) in [6.45, 7) is 0. The van der Waals surface area contributed by atoms with Crippen molar-refractivity contribution >= 4 is 29.0 Å². The van der Waals surface area contributed by atoms with Crippen LogP contribution in [0.1, 0.15) is 17.7 Å². The molecule has 0 saturated heterocycles. The van der Waals surface area contributed by atoms with Gasteiger partial charge in [0.1, 0.15) is 29.0 Å². The van der Waals surface area contributed by atoms with Crippen molar-refractivity contribution in [2.45, 2.75) is 19.3 Å². The number of alkyl halides is 1. The summed E-state index contributed by atoms with van der Waals surface area (Å²) in [4.78, 5) is 17.4. The van der Waals surface area contributed by atoms with Gasteiger partial charge in [0.2, 0.25) is 5.91 Å². The molecule has 1 aromatic carbocycles. The fraction of sp³-hybridized carbons (Fsp3) is 0.250. The Labute approximate surface area is 131 Å². The Morgan fingerprint density at radius 1 is 1.18 bits per heavy atom. The molecule has 2 aromatic rings. The Kier molecular flexibility index (Phi) is 4.07. The summed E-state index contributed by atoms with van der Waals surface area (Å²) in [6.07, 6.45) is 2.72. The van der Waals surface area contributed by atoms with Crippen LogP contribution in [0.2, 0.25) is 0 Å². The van der Waals surface area contributed by atoms with E-state index in [2.05, 4.69) is 4.98 Å². The van der Waals surface area contributed by atoms with Crippen LogP contribution in [0.25, 0.3) is 0 Å². The fourth-order valence-electron chi connectivity index (χ4n) is 2.66. The first-order valence-corrected chi connectivity index (χ1v) is 7.47. The molecule has 0 bridgehead atoms. The minimum absolute atomic E-state index is 0.190. The van der Waals surface area contributed by atoms with Crippen molar-refractivity contribution in [2.24, 2.45) is 0 Å². The minimum Gasteiger partial charge on any atom is -0.273 e. The maximum Gasteiger partial charge on any atom is 0.247 e. The number of amides is 1.